The van der Waals surface area contributed by atoms with E-state index in [1.807, 2.05) is 26.0 Å². The van der Waals surface area contributed by atoms with Crippen molar-refractivity contribution in [2.75, 3.05) is 10.3 Å². The normalized spacial score (nSPS) is 14.2. The molecule has 1 heterocycles. The molecule has 0 radical (unpaired) electrons. The molecule has 1 N–H and O–H groups in total. The lowest BCUT2D eigenvalue weighted by Gasteiger charge is -2.24. The molecule has 0 atom stereocenters. The summed E-state index contributed by atoms with van der Waals surface area (Å²) in [5, 5.41) is 6.54. The third-order valence-corrected chi connectivity index (χ3v) is 4.43. The van der Waals surface area contributed by atoms with Crippen LogP contribution in [0.15, 0.2) is 35.4 Å². The van der Waals surface area contributed by atoms with E-state index in [4.69, 9.17) is 0 Å². The fourth-order valence-corrected chi connectivity index (χ4v) is 2.95. The lowest BCUT2D eigenvalue weighted by atomic mass is 10.0. The van der Waals surface area contributed by atoms with Gasteiger partial charge in [0.05, 0.1) is 0 Å². The van der Waals surface area contributed by atoms with Gasteiger partial charge in [-0.05, 0) is 17.5 Å². The van der Waals surface area contributed by atoms with Crippen LogP contribution in [0.4, 0.5) is 28.9 Å². The van der Waals surface area contributed by atoms with E-state index in [1.165, 1.54) is 0 Å². The van der Waals surface area contributed by atoms with Crippen LogP contribution in [0, 0.1) is 23.3 Å². The van der Waals surface area contributed by atoms with Crippen molar-refractivity contribution in [1.82, 2.24) is 0 Å². The van der Waals surface area contributed by atoms with Gasteiger partial charge in [-0.3, -0.25) is 9.59 Å². The summed E-state index contributed by atoms with van der Waals surface area (Å²) in [6.45, 7) is 3.88. The molecule has 0 spiro atoms. The lowest BCUT2D eigenvalue weighted by molar-refractivity contribution is -0.118. The van der Waals surface area contributed by atoms with Gasteiger partial charge in [-0.2, -0.15) is 10.1 Å². The number of hydrogen-bond donors (Lipinski definition) is 1. The Bertz CT molecular complexity index is 995. The fourth-order valence-electron chi connectivity index (χ4n) is 2.95. The van der Waals surface area contributed by atoms with E-state index in [0.717, 1.165) is 5.56 Å². The Balaban J connectivity index is 1.97. The van der Waals surface area contributed by atoms with E-state index >= 15 is 0 Å². The minimum atomic E-state index is -1.77. The van der Waals surface area contributed by atoms with Crippen molar-refractivity contribution in [1.29, 1.82) is 0 Å². The first-order valence-corrected chi connectivity index (χ1v) is 8.84. The number of nitrogens with zero attached hydrogens (tertiary/aromatic N) is 2. The molecule has 0 unspecified atom stereocenters. The van der Waals surface area contributed by atoms with Crippen molar-refractivity contribution >= 4 is 28.9 Å². The van der Waals surface area contributed by atoms with Crippen molar-refractivity contribution in [2.45, 2.75) is 32.6 Å². The van der Waals surface area contributed by atoms with E-state index in [2.05, 4.69) is 10.4 Å². The van der Waals surface area contributed by atoms with Gasteiger partial charge in [0.25, 0.3) is 5.91 Å². The molecule has 2 amide bonds. The van der Waals surface area contributed by atoms with Crippen molar-refractivity contribution in [3.05, 3.63) is 59.2 Å². The number of halogens is 4. The highest BCUT2D eigenvalue weighted by Crippen LogP contribution is 2.31. The van der Waals surface area contributed by atoms with Crippen LogP contribution in [0.1, 0.15) is 38.2 Å². The van der Waals surface area contributed by atoms with Crippen molar-refractivity contribution < 1.29 is 27.2 Å². The number of hydrogen-bond acceptors (Lipinski definition) is 3. The second-order valence-corrected chi connectivity index (χ2v) is 6.77. The van der Waals surface area contributed by atoms with Crippen LogP contribution in [-0.4, -0.2) is 17.5 Å². The Morgan fingerprint density at radius 3 is 2.31 bits per heavy atom. The Kier molecular flexibility index (Phi) is 5.67. The summed E-state index contributed by atoms with van der Waals surface area (Å²) in [5.41, 5.74) is -0.117. The first-order chi connectivity index (χ1) is 13.7. The predicted octanol–water partition coefficient (Wildman–Crippen LogP) is 4.49. The molecule has 1 aliphatic heterocycles. The molecule has 9 heteroatoms. The monoisotopic (exact) mass is 407 g/mol. The number of anilines is 2. The zero-order valence-corrected chi connectivity index (χ0v) is 15.6. The maximum atomic E-state index is 14.1. The second kappa shape index (κ2) is 8.02. The summed E-state index contributed by atoms with van der Waals surface area (Å²) in [7, 11) is 0. The molecule has 3 rings (SSSR count). The van der Waals surface area contributed by atoms with Crippen LogP contribution in [0.5, 0.6) is 0 Å². The molecular formula is C20H17F4N3O2. The van der Waals surface area contributed by atoms with E-state index in [0.29, 0.717) is 5.69 Å². The second-order valence-electron chi connectivity index (χ2n) is 6.77. The number of carbonyl (C=O) groups excluding carboxylic acids is 2. The third kappa shape index (κ3) is 3.98. The minimum Gasteiger partial charge on any atom is -0.321 e. The number of carbonyl (C=O) groups is 2. The van der Waals surface area contributed by atoms with Crippen molar-refractivity contribution in [3.63, 3.8) is 0 Å². The summed E-state index contributed by atoms with van der Waals surface area (Å²) in [6.07, 6.45) is -0.402. The molecule has 152 valence electrons. The Morgan fingerprint density at radius 1 is 1.07 bits per heavy atom. The summed E-state index contributed by atoms with van der Waals surface area (Å²) in [5.74, 6) is -8.37. The molecule has 2 aromatic carbocycles. The smallest absolute Gasteiger partial charge is 0.271 e. The number of nitrogens with one attached hydrogen (secondary N) is 1. The summed E-state index contributed by atoms with van der Waals surface area (Å²) in [4.78, 5) is 24.7. The van der Waals surface area contributed by atoms with Crippen LogP contribution >= 0.6 is 0 Å². The van der Waals surface area contributed by atoms with E-state index in [9.17, 15) is 27.2 Å². The van der Waals surface area contributed by atoms with Crippen LogP contribution in [0.3, 0.4) is 0 Å². The Hall–Kier alpha value is -3.23. The highest BCUT2D eigenvalue weighted by Gasteiger charge is 2.32. The van der Waals surface area contributed by atoms with Gasteiger partial charge < -0.3 is 5.32 Å². The number of rotatable bonds is 4. The van der Waals surface area contributed by atoms with Crippen LogP contribution in [0.25, 0.3) is 0 Å². The molecule has 0 fully saturated rings. The average molecular weight is 407 g/mol. The number of amides is 2. The van der Waals surface area contributed by atoms with Crippen LogP contribution < -0.4 is 10.3 Å². The van der Waals surface area contributed by atoms with Gasteiger partial charge in [0, 0.05) is 24.6 Å². The van der Waals surface area contributed by atoms with Gasteiger partial charge in [-0.1, -0.05) is 32.0 Å². The van der Waals surface area contributed by atoms with Crippen LogP contribution in [-0.2, 0) is 9.59 Å². The zero-order valence-electron chi connectivity index (χ0n) is 15.6. The summed E-state index contributed by atoms with van der Waals surface area (Å²) < 4.78 is 55.2. The van der Waals surface area contributed by atoms with Gasteiger partial charge in [-0.15, -0.1) is 0 Å². The highest BCUT2D eigenvalue weighted by molar-refractivity contribution is 6.44. The Morgan fingerprint density at radius 2 is 1.69 bits per heavy atom. The molecule has 0 aromatic heterocycles. The SMILES string of the molecule is CC(C)c1ccccc1NC(=O)C1=NN(c2c(F)c(F)cc(F)c2F)C(=O)CC1. The molecule has 2 aromatic rings. The van der Waals surface area contributed by atoms with E-state index in [1.54, 1.807) is 12.1 Å². The molecule has 29 heavy (non-hydrogen) atoms. The molecule has 0 bridgehead atoms. The topological polar surface area (TPSA) is 61.8 Å². The maximum Gasteiger partial charge on any atom is 0.271 e. The average Bonchev–Trinajstić information content (AvgIpc) is 2.68. The molecule has 0 saturated carbocycles. The quantitative estimate of drug-likeness (QED) is 0.600. The Labute approximate surface area is 164 Å². The largest absolute Gasteiger partial charge is 0.321 e. The zero-order chi connectivity index (χ0) is 21.3. The predicted molar refractivity (Wildman–Crippen MR) is 99.6 cm³/mol. The summed E-state index contributed by atoms with van der Waals surface area (Å²) in [6, 6.07) is 7.08. The first kappa shape index (κ1) is 20.5. The number of benzene rings is 2. The lowest BCUT2D eigenvalue weighted by Crippen LogP contribution is -2.37. The highest BCUT2D eigenvalue weighted by atomic mass is 19.2. The molecule has 5 nitrogen and oxygen atoms in total. The fraction of sp³-hybridized carbons (Fsp3) is 0.250. The van der Waals surface area contributed by atoms with Crippen LogP contribution in [0.2, 0.25) is 0 Å². The molecular weight excluding hydrogens is 390 g/mol. The maximum absolute atomic E-state index is 14.1. The number of hydrazone groups is 1. The van der Waals surface area contributed by atoms with Gasteiger partial charge in [0.2, 0.25) is 5.91 Å². The van der Waals surface area contributed by atoms with E-state index in [-0.39, 0.29) is 35.5 Å². The van der Waals surface area contributed by atoms with Gasteiger partial charge in [-0.25, -0.2) is 17.6 Å². The molecule has 0 aliphatic carbocycles. The molecule has 0 saturated heterocycles. The standard InChI is InChI=1S/C20H17F4N3O2/c1-10(2)11-5-3-4-6-14(11)25-20(29)15-7-8-16(28)27(26-15)19-17(23)12(21)9-13(22)18(19)24/h3-6,9-10H,7-8H2,1-2H3,(H,25,29). The van der Waals surface area contributed by atoms with E-state index < -0.39 is 40.8 Å². The first-order valence-electron chi connectivity index (χ1n) is 8.84. The number of para-hydroxylation sites is 1. The van der Waals surface area contributed by atoms with Crippen molar-refractivity contribution in [3.8, 4) is 0 Å². The molecule has 1 aliphatic rings. The third-order valence-electron chi connectivity index (χ3n) is 4.43. The van der Waals surface area contributed by atoms with Gasteiger partial charge >= 0.3 is 0 Å². The van der Waals surface area contributed by atoms with Gasteiger partial charge in [0.15, 0.2) is 23.3 Å². The minimum absolute atomic E-state index is 0.0305. The van der Waals surface area contributed by atoms with Crippen molar-refractivity contribution in [2.24, 2.45) is 5.10 Å². The van der Waals surface area contributed by atoms with Gasteiger partial charge in [0.1, 0.15) is 11.4 Å². The summed E-state index contributed by atoms with van der Waals surface area (Å²) >= 11 is 0.